The lowest BCUT2D eigenvalue weighted by molar-refractivity contribution is 0.410. The molecule has 0 bridgehead atoms. The normalized spacial score (nSPS) is 10.3. The molecule has 0 spiro atoms. The fraction of sp³-hybridized carbons (Fsp3) is 0.154. The molecule has 0 aromatic heterocycles. The molecule has 0 heterocycles. The van der Waals surface area contributed by atoms with Crippen molar-refractivity contribution in [1.29, 1.82) is 0 Å². The Morgan fingerprint density at radius 1 is 0.933 bits per heavy atom. The molecule has 1 radical (unpaired) electrons. The summed E-state index contributed by atoms with van der Waals surface area (Å²) in [6.45, 7) is 4.02. The van der Waals surface area contributed by atoms with E-state index < -0.39 is 0 Å². The number of fused-ring (bicyclic) bond motifs is 1. The van der Waals surface area contributed by atoms with Gasteiger partial charge in [0.15, 0.2) is 0 Å². The smallest absolute Gasteiger partial charge is 0.127 e. The lowest BCUT2D eigenvalue weighted by Gasteiger charge is -2.11. The van der Waals surface area contributed by atoms with Crippen molar-refractivity contribution in [2.24, 2.45) is 0 Å². The molecule has 0 fully saturated rings. The zero-order chi connectivity index (χ0) is 10.8. The van der Waals surface area contributed by atoms with Crippen LogP contribution < -0.4 is 9.47 Å². The highest BCUT2D eigenvalue weighted by molar-refractivity contribution is 5.93. The summed E-state index contributed by atoms with van der Waals surface area (Å²) < 4.78 is 10.5. The van der Waals surface area contributed by atoms with Crippen molar-refractivity contribution >= 4 is 10.8 Å². The highest BCUT2D eigenvalue weighted by atomic mass is 16.5. The second-order valence-corrected chi connectivity index (χ2v) is 3.30. The van der Waals surface area contributed by atoms with E-state index in [9.17, 15) is 0 Å². The number of ether oxygens (including phenoxy) is 2. The summed E-state index contributed by atoms with van der Waals surface area (Å²) in [5.41, 5.74) is 0.868. The van der Waals surface area contributed by atoms with Gasteiger partial charge in [-0.3, -0.25) is 0 Å². The molecule has 0 aliphatic carbocycles. The first-order valence-corrected chi connectivity index (χ1v) is 4.73. The average molecular weight is 201 g/mol. The fourth-order valence-corrected chi connectivity index (χ4v) is 1.76. The van der Waals surface area contributed by atoms with Gasteiger partial charge >= 0.3 is 0 Å². The van der Waals surface area contributed by atoms with Gasteiger partial charge in [-0.05, 0) is 24.4 Å². The van der Waals surface area contributed by atoms with Crippen LogP contribution >= 0.6 is 0 Å². The topological polar surface area (TPSA) is 18.5 Å². The van der Waals surface area contributed by atoms with Crippen LogP contribution in [0.2, 0.25) is 0 Å². The van der Waals surface area contributed by atoms with E-state index in [-0.39, 0.29) is 0 Å². The molecule has 77 valence electrons. The molecule has 2 aromatic rings. The summed E-state index contributed by atoms with van der Waals surface area (Å²) in [6.07, 6.45) is 0. The molecule has 2 aromatic carbocycles. The summed E-state index contributed by atoms with van der Waals surface area (Å²) in [5.74, 6) is 1.61. The number of hydrogen-bond donors (Lipinski definition) is 0. The van der Waals surface area contributed by atoms with E-state index in [1.165, 1.54) is 0 Å². The average Bonchev–Trinajstić information content (AvgIpc) is 2.29. The minimum Gasteiger partial charge on any atom is -0.496 e. The van der Waals surface area contributed by atoms with Gasteiger partial charge in [0.2, 0.25) is 0 Å². The zero-order valence-corrected chi connectivity index (χ0v) is 8.91. The molecule has 0 aliphatic rings. The molecule has 0 aliphatic heterocycles. The Morgan fingerprint density at radius 3 is 2.33 bits per heavy atom. The number of methoxy groups -OCH3 is 2. The minimum atomic E-state index is 0.784. The molecule has 2 rings (SSSR count). The molecule has 0 N–H and O–H groups in total. The Hall–Kier alpha value is -1.70. The van der Waals surface area contributed by atoms with E-state index in [0.29, 0.717) is 0 Å². The summed E-state index contributed by atoms with van der Waals surface area (Å²) in [5, 5.41) is 2.12. The molecule has 2 nitrogen and oxygen atoms in total. The quantitative estimate of drug-likeness (QED) is 0.743. The Morgan fingerprint density at radius 2 is 1.67 bits per heavy atom. The van der Waals surface area contributed by atoms with Gasteiger partial charge in [0, 0.05) is 10.9 Å². The van der Waals surface area contributed by atoms with E-state index in [1.807, 2.05) is 30.3 Å². The third-order valence-corrected chi connectivity index (χ3v) is 2.51. The third kappa shape index (κ3) is 1.52. The van der Waals surface area contributed by atoms with Crippen LogP contribution in [0.4, 0.5) is 0 Å². The first-order valence-electron chi connectivity index (χ1n) is 4.73. The van der Waals surface area contributed by atoms with Gasteiger partial charge in [-0.15, -0.1) is 0 Å². The maximum atomic E-state index is 5.31. The van der Waals surface area contributed by atoms with Gasteiger partial charge in [0.05, 0.1) is 14.2 Å². The van der Waals surface area contributed by atoms with Crippen molar-refractivity contribution in [3.05, 3.63) is 42.8 Å². The van der Waals surface area contributed by atoms with Crippen LogP contribution in [0.3, 0.4) is 0 Å². The van der Waals surface area contributed by atoms with Crippen LogP contribution in [-0.2, 0) is 0 Å². The van der Waals surface area contributed by atoms with Crippen molar-refractivity contribution in [2.75, 3.05) is 14.2 Å². The summed E-state index contributed by atoms with van der Waals surface area (Å²) in [7, 11) is 3.30. The molecule has 15 heavy (non-hydrogen) atoms. The highest BCUT2D eigenvalue weighted by Gasteiger charge is 2.07. The van der Waals surface area contributed by atoms with Gasteiger partial charge in [-0.1, -0.05) is 18.2 Å². The van der Waals surface area contributed by atoms with E-state index in [4.69, 9.17) is 9.47 Å². The fourth-order valence-electron chi connectivity index (χ4n) is 1.76. The van der Waals surface area contributed by atoms with Crippen LogP contribution in [0.5, 0.6) is 11.5 Å². The molecule has 0 atom stereocenters. The van der Waals surface area contributed by atoms with Crippen LogP contribution in [0, 0.1) is 6.92 Å². The largest absolute Gasteiger partial charge is 0.496 e. The van der Waals surface area contributed by atoms with Gasteiger partial charge < -0.3 is 9.47 Å². The Labute approximate surface area is 89.4 Å². The molecule has 2 heteroatoms. The lowest BCUT2D eigenvalue weighted by Crippen LogP contribution is -1.91. The van der Waals surface area contributed by atoms with Gasteiger partial charge in [-0.2, -0.15) is 0 Å². The van der Waals surface area contributed by atoms with E-state index in [2.05, 4.69) is 6.92 Å². The van der Waals surface area contributed by atoms with Gasteiger partial charge in [0.1, 0.15) is 11.5 Å². The number of rotatable bonds is 2. The molecular weight excluding hydrogens is 188 g/mol. The highest BCUT2D eigenvalue weighted by Crippen LogP contribution is 2.33. The minimum absolute atomic E-state index is 0.784. The second-order valence-electron chi connectivity index (χ2n) is 3.30. The van der Waals surface area contributed by atoms with Crippen LogP contribution in [0.15, 0.2) is 30.3 Å². The van der Waals surface area contributed by atoms with Crippen molar-refractivity contribution in [3.63, 3.8) is 0 Å². The summed E-state index contributed by atoms with van der Waals surface area (Å²) in [6, 6.07) is 9.85. The van der Waals surface area contributed by atoms with Crippen LogP contribution in [0.1, 0.15) is 5.56 Å². The number of benzene rings is 2. The third-order valence-electron chi connectivity index (χ3n) is 2.51. The van der Waals surface area contributed by atoms with Crippen LogP contribution in [-0.4, -0.2) is 14.2 Å². The van der Waals surface area contributed by atoms with Crippen molar-refractivity contribution in [1.82, 2.24) is 0 Å². The summed E-state index contributed by atoms with van der Waals surface area (Å²) >= 11 is 0. The molecule has 0 saturated heterocycles. The predicted octanol–water partition coefficient (Wildman–Crippen LogP) is 3.04. The zero-order valence-electron chi connectivity index (χ0n) is 8.91. The second kappa shape index (κ2) is 3.81. The van der Waals surface area contributed by atoms with Gasteiger partial charge in [0.25, 0.3) is 0 Å². The Kier molecular flexibility index (Phi) is 2.50. The number of hydrogen-bond acceptors (Lipinski definition) is 2. The molecule has 0 unspecified atom stereocenters. The monoisotopic (exact) mass is 201 g/mol. The standard InChI is InChI=1S/C13H13O2/c1-9-11(14-2)8-7-10-5-4-6-12(15-3)13(9)10/h4-8H,1H2,2-3H3. The first kappa shape index (κ1) is 9.84. The van der Waals surface area contributed by atoms with E-state index in [1.54, 1.807) is 14.2 Å². The van der Waals surface area contributed by atoms with Crippen molar-refractivity contribution < 1.29 is 9.47 Å². The molecule has 0 saturated carbocycles. The summed E-state index contributed by atoms with van der Waals surface area (Å²) in [4.78, 5) is 0. The van der Waals surface area contributed by atoms with E-state index >= 15 is 0 Å². The van der Waals surface area contributed by atoms with Crippen molar-refractivity contribution in [2.45, 2.75) is 0 Å². The van der Waals surface area contributed by atoms with Crippen molar-refractivity contribution in [3.8, 4) is 11.5 Å². The van der Waals surface area contributed by atoms with Crippen LogP contribution in [0.25, 0.3) is 10.8 Å². The maximum absolute atomic E-state index is 5.31. The SMILES string of the molecule is [CH2]c1c(OC)ccc2cccc(OC)c12. The first-order chi connectivity index (χ1) is 7.27. The van der Waals surface area contributed by atoms with E-state index in [0.717, 1.165) is 27.8 Å². The predicted molar refractivity (Wildman–Crippen MR) is 61.5 cm³/mol. The van der Waals surface area contributed by atoms with Gasteiger partial charge in [-0.25, -0.2) is 0 Å². The lowest BCUT2D eigenvalue weighted by atomic mass is 10.0. The molecule has 0 amide bonds. The Balaban J connectivity index is 2.82. The maximum Gasteiger partial charge on any atom is 0.127 e. The Bertz CT molecular complexity index is 489. The molecular formula is C13H13O2.